The second-order valence-electron chi connectivity index (χ2n) is 4.04. The number of hydrogen-bond acceptors (Lipinski definition) is 4. The van der Waals surface area contributed by atoms with Gasteiger partial charge in [-0.05, 0) is 24.0 Å². The van der Waals surface area contributed by atoms with Crippen LogP contribution in [0.3, 0.4) is 0 Å². The highest BCUT2D eigenvalue weighted by atomic mass is 32.2. The smallest absolute Gasteiger partial charge is 0.170 e. The first kappa shape index (κ1) is 11.9. The van der Waals surface area contributed by atoms with Crippen LogP contribution >= 0.6 is 11.8 Å². The van der Waals surface area contributed by atoms with E-state index in [9.17, 15) is 4.39 Å². The third kappa shape index (κ3) is 1.83. The van der Waals surface area contributed by atoms with E-state index in [0.29, 0.717) is 16.4 Å². The lowest BCUT2D eigenvalue weighted by atomic mass is 10.1. The fraction of sp³-hybridized carbons (Fsp3) is 0.154. The van der Waals surface area contributed by atoms with Gasteiger partial charge >= 0.3 is 0 Å². The van der Waals surface area contributed by atoms with Crippen LogP contribution in [0.25, 0.3) is 0 Å². The molecule has 2 heterocycles. The highest BCUT2D eigenvalue weighted by Gasteiger charge is 2.27. The number of fused-ring (bicyclic) bond motifs is 1. The third-order valence-electron chi connectivity index (χ3n) is 2.97. The number of hydrogen-bond donors (Lipinski definition) is 0. The maximum atomic E-state index is 12.9. The molecule has 0 saturated carbocycles. The topological polar surface area (TPSA) is 54.0 Å². The molecule has 1 unspecified atom stereocenters. The van der Waals surface area contributed by atoms with E-state index >= 15 is 0 Å². The van der Waals surface area contributed by atoms with Gasteiger partial charge in [-0.1, -0.05) is 12.1 Å². The Morgan fingerprint density at radius 3 is 2.74 bits per heavy atom. The molecule has 0 N–H and O–H groups in total. The maximum absolute atomic E-state index is 12.9. The molecule has 0 aliphatic carbocycles. The lowest BCUT2D eigenvalue weighted by Gasteiger charge is -2.09. The fourth-order valence-electron chi connectivity index (χ4n) is 2.06. The molecule has 6 heteroatoms. The molecule has 19 heavy (non-hydrogen) atoms. The second kappa shape index (κ2) is 4.52. The molecule has 0 bridgehead atoms. The summed E-state index contributed by atoms with van der Waals surface area (Å²) < 4.78 is 14.7. The molecule has 1 aliphatic heterocycles. The van der Waals surface area contributed by atoms with Crippen LogP contribution in [0.1, 0.15) is 17.2 Å². The molecule has 0 spiro atoms. The van der Waals surface area contributed by atoms with Gasteiger partial charge < -0.3 is 0 Å². The number of aromatic nitrogens is 2. The SMILES string of the molecule is CSc1nn2c(c1C#N)N=CC2c1ccc(F)cc1. The quantitative estimate of drug-likeness (QED) is 0.790. The summed E-state index contributed by atoms with van der Waals surface area (Å²) in [6.45, 7) is 0. The Bertz CT molecular complexity index is 697. The Balaban J connectivity index is 2.08. The Hall–Kier alpha value is -2.13. The predicted molar refractivity (Wildman–Crippen MR) is 71.4 cm³/mol. The van der Waals surface area contributed by atoms with Gasteiger partial charge in [-0.3, -0.25) is 0 Å². The molecule has 1 atom stereocenters. The molecule has 0 saturated heterocycles. The number of benzene rings is 1. The first-order valence-corrected chi connectivity index (χ1v) is 6.83. The number of halogens is 1. The summed E-state index contributed by atoms with van der Waals surface area (Å²) in [5.41, 5.74) is 1.39. The van der Waals surface area contributed by atoms with E-state index in [1.165, 1.54) is 23.9 Å². The zero-order valence-corrected chi connectivity index (χ0v) is 10.9. The van der Waals surface area contributed by atoms with Crippen molar-refractivity contribution in [3.8, 4) is 6.07 Å². The Morgan fingerprint density at radius 2 is 2.11 bits per heavy atom. The van der Waals surface area contributed by atoms with Crippen molar-refractivity contribution in [1.29, 1.82) is 5.26 Å². The number of thioether (sulfide) groups is 1. The van der Waals surface area contributed by atoms with Crippen LogP contribution in [-0.4, -0.2) is 22.3 Å². The molecule has 2 aromatic rings. The van der Waals surface area contributed by atoms with Crippen molar-refractivity contribution in [3.63, 3.8) is 0 Å². The van der Waals surface area contributed by atoms with Crippen LogP contribution in [0.4, 0.5) is 10.2 Å². The highest BCUT2D eigenvalue weighted by Crippen LogP contribution is 2.36. The molecule has 4 nitrogen and oxygen atoms in total. The van der Waals surface area contributed by atoms with Crippen LogP contribution in [0.2, 0.25) is 0 Å². The van der Waals surface area contributed by atoms with Crippen molar-refractivity contribution in [2.45, 2.75) is 11.1 Å². The highest BCUT2D eigenvalue weighted by molar-refractivity contribution is 7.98. The summed E-state index contributed by atoms with van der Waals surface area (Å²) in [5, 5.41) is 14.2. The normalized spacial score (nSPS) is 16.4. The van der Waals surface area contributed by atoms with E-state index < -0.39 is 0 Å². The molecule has 0 fully saturated rings. The van der Waals surface area contributed by atoms with Gasteiger partial charge in [-0.15, -0.1) is 11.8 Å². The standard InChI is InChI=1S/C13H9FN4S/c1-19-13-10(6-15)12-16-7-11(18(12)17-13)8-2-4-9(14)5-3-8/h2-5,7,11H,1H3. The molecule has 1 aromatic heterocycles. The lowest BCUT2D eigenvalue weighted by Crippen LogP contribution is -2.09. The molecule has 0 amide bonds. The predicted octanol–water partition coefficient (Wildman–Crippen LogP) is 2.92. The maximum Gasteiger partial charge on any atom is 0.170 e. The summed E-state index contributed by atoms with van der Waals surface area (Å²) in [7, 11) is 0. The van der Waals surface area contributed by atoms with E-state index in [1.54, 1.807) is 23.0 Å². The minimum Gasteiger partial charge on any atom is -0.238 e. The van der Waals surface area contributed by atoms with Crippen molar-refractivity contribution >= 4 is 23.8 Å². The van der Waals surface area contributed by atoms with Gasteiger partial charge in [0.2, 0.25) is 0 Å². The molecule has 94 valence electrons. The van der Waals surface area contributed by atoms with Crippen molar-refractivity contribution in [2.75, 3.05) is 6.26 Å². The summed E-state index contributed by atoms with van der Waals surface area (Å²) in [4.78, 5) is 4.26. The van der Waals surface area contributed by atoms with Gasteiger partial charge in [0, 0.05) is 6.21 Å². The van der Waals surface area contributed by atoms with Crippen molar-refractivity contribution in [2.24, 2.45) is 4.99 Å². The van der Waals surface area contributed by atoms with E-state index in [1.807, 2.05) is 6.26 Å². The van der Waals surface area contributed by atoms with Crippen LogP contribution in [0.5, 0.6) is 0 Å². The Labute approximate surface area is 113 Å². The largest absolute Gasteiger partial charge is 0.238 e. The minimum absolute atomic E-state index is 0.177. The molecule has 1 aromatic carbocycles. The molecular formula is C13H9FN4S. The van der Waals surface area contributed by atoms with Crippen molar-refractivity contribution < 1.29 is 4.39 Å². The van der Waals surface area contributed by atoms with E-state index in [2.05, 4.69) is 16.2 Å². The fourth-order valence-corrected chi connectivity index (χ4v) is 2.57. The third-order valence-corrected chi connectivity index (χ3v) is 3.64. The summed E-state index contributed by atoms with van der Waals surface area (Å²) >= 11 is 1.42. The zero-order valence-electron chi connectivity index (χ0n) is 10.0. The van der Waals surface area contributed by atoms with Gasteiger partial charge in [0.05, 0.1) is 0 Å². The van der Waals surface area contributed by atoms with Gasteiger partial charge in [-0.2, -0.15) is 10.4 Å². The summed E-state index contributed by atoms with van der Waals surface area (Å²) in [6.07, 6.45) is 3.59. The first-order valence-electron chi connectivity index (χ1n) is 5.61. The average Bonchev–Trinajstić information content (AvgIpc) is 2.97. The molecule has 3 rings (SSSR count). The molecule has 1 aliphatic rings. The number of aliphatic imine (C=N–C) groups is 1. The Kier molecular flexibility index (Phi) is 2.84. The first-order chi connectivity index (χ1) is 9.24. The van der Waals surface area contributed by atoms with Crippen LogP contribution in [0, 0.1) is 17.1 Å². The van der Waals surface area contributed by atoms with Crippen LogP contribution in [0.15, 0.2) is 34.3 Å². The van der Waals surface area contributed by atoms with E-state index in [4.69, 9.17) is 5.26 Å². The van der Waals surface area contributed by atoms with Crippen molar-refractivity contribution in [3.05, 3.63) is 41.2 Å². The van der Waals surface area contributed by atoms with Gasteiger partial charge in [0.15, 0.2) is 5.82 Å². The Morgan fingerprint density at radius 1 is 1.37 bits per heavy atom. The van der Waals surface area contributed by atoms with Gasteiger partial charge in [-0.25, -0.2) is 14.1 Å². The zero-order chi connectivity index (χ0) is 13.4. The molecular weight excluding hydrogens is 263 g/mol. The summed E-state index contributed by atoms with van der Waals surface area (Å²) in [5.74, 6) is 0.295. The van der Waals surface area contributed by atoms with Gasteiger partial charge in [0.25, 0.3) is 0 Å². The average molecular weight is 272 g/mol. The second-order valence-corrected chi connectivity index (χ2v) is 4.83. The number of rotatable bonds is 2. The minimum atomic E-state index is -0.276. The van der Waals surface area contributed by atoms with Crippen molar-refractivity contribution in [1.82, 2.24) is 9.78 Å². The number of nitrogens with zero attached hydrogens (tertiary/aromatic N) is 4. The molecule has 0 radical (unpaired) electrons. The van der Waals surface area contributed by atoms with E-state index in [0.717, 1.165) is 5.56 Å². The van der Waals surface area contributed by atoms with E-state index in [-0.39, 0.29) is 11.9 Å². The summed E-state index contributed by atoms with van der Waals surface area (Å²) in [6, 6.07) is 8.17. The number of nitriles is 1. The lowest BCUT2D eigenvalue weighted by molar-refractivity contribution is 0.621. The monoisotopic (exact) mass is 272 g/mol. The van der Waals surface area contributed by atoms with Crippen LogP contribution in [-0.2, 0) is 0 Å². The van der Waals surface area contributed by atoms with Gasteiger partial charge in [0.1, 0.15) is 28.5 Å². The van der Waals surface area contributed by atoms with Crippen LogP contribution < -0.4 is 0 Å².